The molecule has 0 spiro atoms. The second kappa shape index (κ2) is 17.0. The van der Waals surface area contributed by atoms with Gasteiger partial charge in [0.25, 0.3) is 0 Å². The molecule has 270 valence electrons. The molecule has 3 aliphatic heterocycles. The van der Waals surface area contributed by atoms with Crippen LogP contribution in [0.1, 0.15) is 82.8 Å². The molecule has 4 amide bonds. The SMILES string of the molecule is CC(C)C[C@H]1CN([C@@H](Cc2ccccc2)CN2CCC[C@H]2CN2C(=O)C(=O)NC[C@@H]2Cc2ccccc2)C(=O)C(=O)N1CC1CCCCCC1. The second-order valence-corrected chi connectivity index (χ2v) is 15.7. The van der Waals surface area contributed by atoms with Crippen LogP contribution in [0.2, 0.25) is 0 Å². The average Bonchev–Trinajstić information content (AvgIpc) is 3.38. The van der Waals surface area contributed by atoms with E-state index < -0.39 is 11.8 Å². The summed E-state index contributed by atoms with van der Waals surface area (Å²) < 4.78 is 0. The molecule has 0 aromatic heterocycles. The zero-order valence-electron chi connectivity index (χ0n) is 30.2. The lowest BCUT2D eigenvalue weighted by molar-refractivity contribution is -0.162. The minimum Gasteiger partial charge on any atom is -0.346 e. The Morgan fingerprint density at radius 3 is 2.04 bits per heavy atom. The molecule has 50 heavy (non-hydrogen) atoms. The molecule has 2 aromatic carbocycles. The molecule has 4 atom stereocenters. The molecule has 1 aliphatic carbocycles. The molecule has 9 nitrogen and oxygen atoms in total. The first kappa shape index (κ1) is 36.1. The van der Waals surface area contributed by atoms with Gasteiger partial charge in [0.15, 0.2) is 0 Å². The Kier molecular flexibility index (Phi) is 12.3. The second-order valence-electron chi connectivity index (χ2n) is 15.7. The highest BCUT2D eigenvalue weighted by Gasteiger charge is 2.44. The van der Waals surface area contributed by atoms with Crippen molar-refractivity contribution in [2.45, 2.75) is 109 Å². The molecule has 4 fully saturated rings. The lowest BCUT2D eigenvalue weighted by atomic mass is 9.93. The summed E-state index contributed by atoms with van der Waals surface area (Å²) >= 11 is 0. The monoisotopic (exact) mass is 683 g/mol. The molecule has 0 radical (unpaired) electrons. The van der Waals surface area contributed by atoms with Crippen molar-refractivity contribution in [2.24, 2.45) is 11.8 Å². The summed E-state index contributed by atoms with van der Waals surface area (Å²) in [6.07, 6.45) is 11.3. The topological polar surface area (TPSA) is 93.3 Å². The van der Waals surface area contributed by atoms with Crippen molar-refractivity contribution in [3.8, 4) is 0 Å². The fraction of sp³-hybridized carbons (Fsp3) is 0.610. The Morgan fingerprint density at radius 2 is 1.36 bits per heavy atom. The van der Waals surface area contributed by atoms with Crippen LogP contribution in [0.15, 0.2) is 60.7 Å². The summed E-state index contributed by atoms with van der Waals surface area (Å²) in [5.74, 6) is -0.851. The van der Waals surface area contributed by atoms with Crippen molar-refractivity contribution in [3.63, 3.8) is 0 Å². The fourth-order valence-corrected chi connectivity index (χ4v) is 8.93. The van der Waals surface area contributed by atoms with E-state index in [4.69, 9.17) is 0 Å². The number of carbonyl (C=O) groups excluding carboxylic acids is 4. The summed E-state index contributed by atoms with van der Waals surface area (Å²) in [4.78, 5) is 62.3. The third kappa shape index (κ3) is 8.95. The van der Waals surface area contributed by atoms with E-state index in [1.54, 1.807) is 4.90 Å². The first-order chi connectivity index (χ1) is 24.3. The highest BCUT2D eigenvalue weighted by atomic mass is 16.2. The van der Waals surface area contributed by atoms with Crippen LogP contribution in [0.4, 0.5) is 0 Å². The van der Waals surface area contributed by atoms with E-state index in [2.05, 4.69) is 48.3 Å². The molecule has 2 aromatic rings. The van der Waals surface area contributed by atoms with Crippen LogP contribution < -0.4 is 5.32 Å². The maximum atomic E-state index is 14.2. The molecule has 9 heteroatoms. The largest absolute Gasteiger partial charge is 0.346 e. The summed E-state index contributed by atoms with van der Waals surface area (Å²) in [7, 11) is 0. The van der Waals surface area contributed by atoms with E-state index in [1.165, 1.54) is 25.7 Å². The number of nitrogens with zero attached hydrogens (tertiary/aromatic N) is 4. The minimum absolute atomic E-state index is 0.000620. The average molecular weight is 684 g/mol. The number of rotatable bonds is 13. The first-order valence-electron chi connectivity index (χ1n) is 19.3. The van der Waals surface area contributed by atoms with Crippen LogP contribution in [-0.4, -0.2) is 107 Å². The minimum atomic E-state index is -0.539. The van der Waals surface area contributed by atoms with Gasteiger partial charge in [-0.15, -0.1) is 0 Å². The molecule has 3 heterocycles. The number of hydrogen-bond donors (Lipinski definition) is 1. The van der Waals surface area contributed by atoms with E-state index in [-0.39, 0.29) is 36.0 Å². The highest BCUT2D eigenvalue weighted by molar-refractivity contribution is 6.36. The van der Waals surface area contributed by atoms with Gasteiger partial charge in [-0.1, -0.05) is 100 Å². The number of nitrogens with one attached hydrogen (secondary N) is 1. The summed E-state index contributed by atoms with van der Waals surface area (Å²) in [5.41, 5.74) is 2.27. The zero-order chi connectivity index (χ0) is 35.0. The lowest BCUT2D eigenvalue weighted by Crippen LogP contribution is -2.65. The van der Waals surface area contributed by atoms with Gasteiger partial charge in [0, 0.05) is 44.8 Å². The molecular formula is C41H57N5O4. The Morgan fingerprint density at radius 1 is 0.700 bits per heavy atom. The van der Waals surface area contributed by atoms with Gasteiger partial charge in [-0.2, -0.15) is 0 Å². The predicted octanol–water partition coefficient (Wildman–Crippen LogP) is 4.69. The van der Waals surface area contributed by atoms with Gasteiger partial charge in [-0.25, -0.2) is 0 Å². The molecule has 1 N–H and O–H groups in total. The van der Waals surface area contributed by atoms with Crippen LogP contribution in [0.25, 0.3) is 0 Å². The number of amides is 4. The van der Waals surface area contributed by atoms with Gasteiger partial charge in [-0.05, 0) is 74.5 Å². The van der Waals surface area contributed by atoms with Gasteiger partial charge < -0.3 is 20.0 Å². The Labute approximate surface area is 298 Å². The Bertz CT molecular complexity index is 1440. The number of carbonyl (C=O) groups is 4. The van der Waals surface area contributed by atoms with Crippen LogP contribution >= 0.6 is 0 Å². The number of piperazine rings is 2. The molecule has 0 bridgehead atoms. The standard InChI is InChI=1S/C41H57N5O4/c1-30(2)22-36-29-46(41(50)40(49)44(36)26-33-18-7-3-4-8-19-33)37(24-32-16-11-6-12-17-32)27-43-21-13-20-34(43)28-45-35(25-42-38(47)39(45)48)23-31-14-9-5-10-15-31/h5-6,9-12,14-17,30,33-37H,3-4,7-8,13,18-29H2,1-2H3,(H,42,47)/t34-,35-,36-,37-/m0/s1. The third-order valence-electron chi connectivity index (χ3n) is 11.5. The van der Waals surface area contributed by atoms with Gasteiger partial charge in [0.2, 0.25) is 0 Å². The molecule has 0 unspecified atom stereocenters. The molecule has 3 saturated heterocycles. The maximum Gasteiger partial charge on any atom is 0.312 e. The quantitative estimate of drug-likeness (QED) is 0.245. The van der Waals surface area contributed by atoms with E-state index >= 15 is 0 Å². The van der Waals surface area contributed by atoms with Crippen molar-refractivity contribution in [1.82, 2.24) is 24.9 Å². The third-order valence-corrected chi connectivity index (χ3v) is 11.5. The van der Waals surface area contributed by atoms with E-state index in [0.29, 0.717) is 57.4 Å². The van der Waals surface area contributed by atoms with E-state index in [1.807, 2.05) is 46.2 Å². The van der Waals surface area contributed by atoms with Gasteiger partial charge in [0.1, 0.15) is 0 Å². The normalized spacial score (nSPS) is 24.9. The lowest BCUT2D eigenvalue weighted by Gasteiger charge is -2.46. The number of benzene rings is 2. The van der Waals surface area contributed by atoms with Crippen LogP contribution in [-0.2, 0) is 32.0 Å². The molecule has 6 rings (SSSR count). The fourth-order valence-electron chi connectivity index (χ4n) is 8.93. The number of likely N-dealkylation sites (tertiary alicyclic amines) is 1. The maximum absolute atomic E-state index is 14.2. The smallest absolute Gasteiger partial charge is 0.312 e. The van der Waals surface area contributed by atoms with Gasteiger partial charge in [0.05, 0.1) is 12.1 Å². The first-order valence-corrected chi connectivity index (χ1v) is 19.3. The zero-order valence-corrected chi connectivity index (χ0v) is 30.2. The summed E-state index contributed by atoms with van der Waals surface area (Å²) in [6.45, 7) is 8.03. The van der Waals surface area contributed by atoms with E-state index in [9.17, 15) is 19.2 Å². The van der Waals surface area contributed by atoms with Crippen LogP contribution in [0.3, 0.4) is 0 Å². The molecule has 4 aliphatic rings. The highest BCUT2D eigenvalue weighted by Crippen LogP contribution is 2.30. The van der Waals surface area contributed by atoms with Gasteiger partial charge in [-0.3, -0.25) is 24.1 Å². The summed E-state index contributed by atoms with van der Waals surface area (Å²) in [5, 5.41) is 2.81. The van der Waals surface area contributed by atoms with Crippen molar-refractivity contribution >= 4 is 23.6 Å². The Hall–Kier alpha value is -3.72. The van der Waals surface area contributed by atoms with Crippen LogP contribution in [0.5, 0.6) is 0 Å². The Balaban J connectivity index is 1.22. The molecule has 1 saturated carbocycles. The predicted molar refractivity (Wildman–Crippen MR) is 195 cm³/mol. The van der Waals surface area contributed by atoms with Crippen molar-refractivity contribution in [2.75, 3.05) is 39.3 Å². The van der Waals surface area contributed by atoms with E-state index in [0.717, 1.165) is 49.8 Å². The van der Waals surface area contributed by atoms with Gasteiger partial charge >= 0.3 is 23.6 Å². The molecular weight excluding hydrogens is 626 g/mol. The summed E-state index contributed by atoms with van der Waals surface area (Å²) in [6, 6.07) is 20.2. The van der Waals surface area contributed by atoms with Crippen molar-refractivity contribution in [3.05, 3.63) is 71.8 Å². The van der Waals surface area contributed by atoms with Crippen molar-refractivity contribution < 1.29 is 19.2 Å². The number of hydrogen-bond acceptors (Lipinski definition) is 5. The van der Waals surface area contributed by atoms with Crippen LogP contribution in [0, 0.1) is 11.8 Å². The van der Waals surface area contributed by atoms with Crippen molar-refractivity contribution in [1.29, 1.82) is 0 Å².